The third-order valence-corrected chi connectivity index (χ3v) is 4.75. The molecule has 3 rings (SSSR count). The van der Waals surface area contributed by atoms with Gasteiger partial charge in [0.25, 0.3) is 0 Å². The van der Waals surface area contributed by atoms with Gasteiger partial charge in [0.15, 0.2) is 0 Å². The van der Waals surface area contributed by atoms with Crippen LogP contribution in [0.25, 0.3) is 0 Å². The van der Waals surface area contributed by atoms with E-state index >= 15 is 0 Å². The highest BCUT2D eigenvalue weighted by Gasteiger charge is 2.17. The summed E-state index contributed by atoms with van der Waals surface area (Å²) in [5, 5.41) is 2.98. The number of aromatic nitrogens is 1. The monoisotopic (exact) mass is 407 g/mol. The molecular weight excluding hydrogens is 378 g/mol. The normalized spacial score (nSPS) is 10.6. The first-order valence-corrected chi connectivity index (χ1v) is 10.2. The molecule has 0 unspecified atom stereocenters. The maximum Gasteiger partial charge on any atom is 0.322 e. The van der Waals surface area contributed by atoms with Crippen molar-refractivity contribution in [3.63, 3.8) is 0 Å². The van der Waals surface area contributed by atoms with Gasteiger partial charge in [0, 0.05) is 32.1 Å². The van der Waals surface area contributed by atoms with Crippen LogP contribution in [0.1, 0.15) is 18.2 Å². The molecule has 0 saturated heterocycles. The molecule has 1 aromatic heterocycles. The zero-order valence-electron chi connectivity index (χ0n) is 17.6. The number of amides is 2. The van der Waals surface area contributed by atoms with Gasteiger partial charge in [-0.1, -0.05) is 42.5 Å². The van der Waals surface area contributed by atoms with E-state index < -0.39 is 0 Å². The number of benzene rings is 2. The van der Waals surface area contributed by atoms with Crippen molar-refractivity contribution in [2.75, 3.05) is 32.2 Å². The van der Waals surface area contributed by atoms with Crippen LogP contribution in [-0.2, 0) is 17.8 Å². The maximum absolute atomic E-state index is 13.1. The van der Waals surface area contributed by atoms with Crippen LogP contribution in [0.15, 0.2) is 72.9 Å². The topological polar surface area (TPSA) is 55.7 Å². The molecule has 30 heavy (non-hydrogen) atoms. The number of nitrogens with zero attached hydrogens (tertiary/aromatic N) is 2. The maximum atomic E-state index is 13.1. The summed E-state index contributed by atoms with van der Waals surface area (Å²) in [6, 6.07) is 21.6. The van der Waals surface area contributed by atoms with Gasteiger partial charge in [-0.2, -0.15) is 0 Å². The quantitative estimate of drug-likeness (QED) is 0.534. The number of urea groups is 1. The summed E-state index contributed by atoms with van der Waals surface area (Å²) in [7, 11) is 1.64. The number of carbonyl (C=O) groups excluding carboxylic acids is 1. The smallest absolute Gasteiger partial charge is 0.322 e. The molecule has 0 fully saturated rings. The first-order chi connectivity index (χ1) is 14.7. The Kier molecular flexibility index (Phi) is 7.92. The van der Waals surface area contributed by atoms with Gasteiger partial charge in [-0.05, 0) is 36.8 Å². The summed E-state index contributed by atoms with van der Waals surface area (Å²) in [5.41, 5.74) is 2.93. The van der Waals surface area contributed by atoms with Crippen LogP contribution in [-0.4, -0.2) is 42.4 Å². The molecule has 1 heterocycles. The van der Waals surface area contributed by atoms with Gasteiger partial charge in [0.2, 0.25) is 0 Å². The average Bonchev–Trinajstić information content (AvgIpc) is 3.20. The van der Waals surface area contributed by atoms with E-state index in [9.17, 15) is 4.79 Å². The zero-order valence-corrected chi connectivity index (χ0v) is 17.6. The van der Waals surface area contributed by atoms with E-state index in [2.05, 4.69) is 22.0 Å². The first-order valence-electron chi connectivity index (χ1n) is 10.2. The summed E-state index contributed by atoms with van der Waals surface area (Å²) in [6.45, 7) is 4.63. The molecule has 0 aliphatic rings. The largest absolute Gasteiger partial charge is 0.492 e. The molecule has 0 spiro atoms. The van der Waals surface area contributed by atoms with Crippen molar-refractivity contribution in [3.05, 3.63) is 84.2 Å². The average molecular weight is 408 g/mol. The molecule has 0 radical (unpaired) electrons. The Hall–Kier alpha value is -3.25. The van der Waals surface area contributed by atoms with E-state index in [0.717, 1.165) is 12.2 Å². The number of nitrogens with one attached hydrogen (secondary N) is 1. The van der Waals surface area contributed by atoms with Crippen LogP contribution in [0.5, 0.6) is 5.75 Å². The molecule has 1 N–H and O–H groups in total. The molecule has 0 aliphatic carbocycles. The van der Waals surface area contributed by atoms with Gasteiger partial charge < -0.3 is 24.3 Å². The lowest BCUT2D eigenvalue weighted by Gasteiger charge is -2.24. The van der Waals surface area contributed by atoms with Crippen molar-refractivity contribution in [1.82, 2.24) is 9.47 Å². The second-order valence-corrected chi connectivity index (χ2v) is 6.89. The lowest BCUT2D eigenvalue weighted by atomic mass is 10.2. The fourth-order valence-corrected chi connectivity index (χ4v) is 3.22. The third kappa shape index (κ3) is 5.87. The number of carbonyl (C=O) groups is 1. The summed E-state index contributed by atoms with van der Waals surface area (Å²) in [5.74, 6) is 0.660. The molecule has 0 bridgehead atoms. The van der Waals surface area contributed by atoms with Crippen molar-refractivity contribution >= 4 is 11.7 Å². The van der Waals surface area contributed by atoms with Crippen molar-refractivity contribution in [2.45, 2.75) is 20.0 Å². The van der Waals surface area contributed by atoms with Crippen LogP contribution < -0.4 is 10.1 Å². The third-order valence-electron chi connectivity index (χ3n) is 4.75. The van der Waals surface area contributed by atoms with Crippen LogP contribution in [0.4, 0.5) is 10.5 Å². The van der Waals surface area contributed by atoms with Crippen LogP contribution >= 0.6 is 0 Å². The van der Waals surface area contributed by atoms with E-state index in [1.54, 1.807) is 12.0 Å². The van der Waals surface area contributed by atoms with Gasteiger partial charge in [0.1, 0.15) is 5.75 Å². The predicted octanol–water partition coefficient (Wildman–Crippen LogP) is 4.62. The van der Waals surface area contributed by atoms with E-state index in [4.69, 9.17) is 9.47 Å². The Balaban J connectivity index is 1.74. The predicted molar refractivity (Wildman–Crippen MR) is 119 cm³/mol. The summed E-state index contributed by atoms with van der Waals surface area (Å²) < 4.78 is 13.0. The van der Waals surface area contributed by atoms with Crippen LogP contribution in [0.3, 0.4) is 0 Å². The minimum atomic E-state index is -0.188. The number of para-hydroxylation sites is 2. The van der Waals surface area contributed by atoms with Gasteiger partial charge in [-0.15, -0.1) is 0 Å². The fourth-order valence-electron chi connectivity index (χ4n) is 3.22. The molecule has 6 nitrogen and oxygen atoms in total. The molecule has 158 valence electrons. The summed E-state index contributed by atoms with van der Waals surface area (Å²) in [6.07, 6.45) is 2.04. The zero-order chi connectivity index (χ0) is 21.2. The minimum Gasteiger partial charge on any atom is -0.492 e. The SMILES string of the molecule is CCOc1ccccc1NC(=O)N(CCOC)Cc1cccn1Cc1ccccc1. The molecule has 2 aromatic carbocycles. The van der Waals surface area contributed by atoms with E-state index in [0.29, 0.717) is 37.7 Å². The van der Waals surface area contributed by atoms with E-state index in [1.165, 1.54) is 5.56 Å². The van der Waals surface area contributed by atoms with Crippen LogP contribution in [0.2, 0.25) is 0 Å². The molecule has 0 saturated carbocycles. The molecule has 2 amide bonds. The van der Waals surface area contributed by atoms with Gasteiger partial charge in [-0.3, -0.25) is 0 Å². The number of hydrogen-bond donors (Lipinski definition) is 1. The van der Waals surface area contributed by atoms with E-state index in [1.807, 2.05) is 67.7 Å². The lowest BCUT2D eigenvalue weighted by Crippen LogP contribution is -2.37. The fraction of sp³-hybridized carbons (Fsp3) is 0.292. The second-order valence-electron chi connectivity index (χ2n) is 6.89. The Bertz CT molecular complexity index is 924. The highest BCUT2D eigenvalue weighted by Crippen LogP contribution is 2.24. The summed E-state index contributed by atoms with van der Waals surface area (Å²) in [4.78, 5) is 14.8. The molecule has 0 atom stereocenters. The highest BCUT2D eigenvalue weighted by atomic mass is 16.5. The lowest BCUT2D eigenvalue weighted by molar-refractivity contribution is 0.151. The Morgan fingerprint density at radius 3 is 2.57 bits per heavy atom. The Morgan fingerprint density at radius 2 is 1.80 bits per heavy atom. The van der Waals surface area contributed by atoms with Gasteiger partial charge >= 0.3 is 6.03 Å². The van der Waals surface area contributed by atoms with Gasteiger partial charge in [0.05, 0.1) is 25.4 Å². The Morgan fingerprint density at radius 1 is 1.03 bits per heavy atom. The van der Waals surface area contributed by atoms with Crippen molar-refractivity contribution < 1.29 is 14.3 Å². The molecule has 3 aromatic rings. The minimum absolute atomic E-state index is 0.188. The number of hydrogen-bond acceptors (Lipinski definition) is 3. The second kappa shape index (κ2) is 11.1. The van der Waals surface area contributed by atoms with Crippen LogP contribution in [0, 0.1) is 0 Å². The molecular formula is C24H29N3O3. The number of ether oxygens (including phenoxy) is 2. The van der Waals surface area contributed by atoms with Gasteiger partial charge in [-0.25, -0.2) is 4.79 Å². The number of methoxy groups -OCH3 is 1. The first kappa shape index (κ1) is 21.5. The summed E-state index contributed by atoms with van der Waals surface area (Å²) >= 11 is 0. The Labute approximate surface area is 178 Å². The standard InChI is InChI=1S/C24H29N3O3/c1-3-30-23-14-8-7-13-22(23)25-24(28)27(16-17-29-2)19-21-12-9-15-26(21)18-20-10-5-4-6-11-20/h4-15H,3,16-19H2,1-2H3,(H,25,28). The van der Waals surface area contributed by atoms with E-state index in [-0.39, 0.29) is 6.03 Å². The molecule has 0 aliphatic heterocycles. The van der Waals surface area contributed by atoms with Crippen molar-refractivity contribution in [2.24, 2.45) is 0 Å². The molecule has 6 heteroatoms. The van der Waals surface area contributed by atoms with Crippen molar-refractivity contribution in [3.8, 4) is 5.75 Å². The van der Waals surface area contributed by atoms with Crippen molar-refractivity contribution in [1.29, 1.82) is 0 Å². The number of anilines is 1. The number of rotatable bonds is 10. The highest BCUT2D eigenvalue weighted by molar-refractivity contribution is 5.91.